The molecule has 6 nitrogen and oxygen atoms in total. The summed E-state index contributed by atoms with van der Waals surface area (Å²) in [6.07, 6.45) is 0. The van der Waals surface area contributed by atoms with Crippen molar-refractivity contribution < 1.29 is 9.53 Å². The zero-order valence-corrected chi connectivity index (χ0v) is 18.0. The number of hydrogen-bond acceptors (Lipinski definition) is 6. The van der Waals surface area contributed by atoms with Gasteiger partial charge in [-0.25, -0.2) is 0 Å². The smallest absolute Gasteiger partial charge is 0.232 e. The normalized spacial score (nSPS) is 17.8. The van der Waals surface area contributed by atoms with Crippen LogP contribution in [0.2, 0.25) is 0 Å². The molecule has 0 fully saturated rings. The van der Waals surface area contributed by atoms with Crippen LogP contribution in [-0.4, -0.2) is 34.4 Å². The Morgan fingerprint density at radius 3 is 2.72 bits per heavy atom. The number of anilines is 1. The van der Waals surface area contributed by atoms with E-state index in [1.165, 1.54) is 0 Å². The molecular formula is C22H26N4O2S. The largest absolute Gasteiger partial charge is 0.438 e. The quantitative estimate of drug-likeness (QED) is 0.782. The van der Waals surface area contributed by atoms with Crippen molar-refractivity contribution in [3.63, 3.8) is 0 Å². The molecule has 0 saturated carbocycles. The number of pyridine rings is 1. The number of para-hydroxylation sites is 1. The fraction of sp³-hybridized carbons (Fsp3) is 0.409. The van der Waals surface area contributed by atoms with Gasteiger partial charge >= 0.3 is 0 Å². The topological polar surface area (TPSA) is 75.6 Å². The number of hydrogen-bond donors (Lipinski definition) is 2. The maximum absolute atomic E-state index is 13.3. The molecule has 0 radical (unpaired) electrons. The molecule has 1 atom stereocenters. The van der Waals surface area contributed by atoms with E-state index in [-0.39, 0.29) is 17.9 Å². The number of nitrogens with zero attached hydrogens (tertiary/aromatic N) is 2. The van der Waals surface area contributed by atoms with Crippen LogP contribution >= 0.6 is 11.8 Å². The average molecular weight is 411 g/mol. The van der Waals surface area contributed by atoms with E-state index in [2.05, 4.69) is 34.5 Å². The molecule has 4 rings (SSSR count). The van der Waals surface area contributed by atoms with Gasteiger partial charge in [-0.15, -0.1) is 0 Å². The number of fused-ring (bicyclic) bond motifs is 2. The summed E-state index contributed by atoms with van der Waals surface area (Å²) >= 11 is 1.59. The maximum Gasteiger partial charge on any atom is 0.232 e. The van der Waals surface area contributed by atoms with Gasteiger partial charge in [0.2, 0.25) is 11.8 Å². The van der Waals surface area contributed by atoms with Crippen molar-refractivity contribution in [2.45, 2.75) is 39.7 Å². The molecular weight excluding hydrogens is 384 g/mol. The van der Waals surface area contributed by atoms with E-state index >= 15 is 0 Å². The van der Waals surface area contributed by atoms with E-state index in [1.54, 1.807) is 11.8 Å². The number of thioether (sulfide) groups is 1. The molecule has 2 aliphatic heterocycles. The van der Waals surface area contributed by atoms with E-state index in [1.807, 2.05) is 50.2 Å². The summed E-state index contributed by atoms with van der Waals surface area (Å²) in [5.74, 6) is 2.73. The fourth-order valence-electron chi connectivity index (χ4n) is 3.79. The van der Waals surface area contributed by atoms with Crippen molar-refractivity contribution >= 4 is 28.7 Å². The lowest BCUT2D eigenvalue weighted by molar-refractivity contribution is -0.128. The van der Waals surface area contributed by atoms with Gasteiger partial charge in [-0.3, -0.25) is 9.79 Å². The number of carbonyl (C=O) groups excluding carboxylic acids is 1. The van der Waals surface area contributed by atoms with Gasteiger partial charge in [0.25, 0.3) is 0 Å². The van der Waals surface area contributed by atoms with Gasteiger partial charge in [-0.1, -0.05) is 43.8 Å². The molecule has 1 amide bonds. The van der Waals surface area contributed by atoms with Crippen molar-refractivity contribution in [1.29, 1.82) is 0 Å². The molecule has 2 aliphatic rings. The Labute approximate surface area is 175 Å². The first-order valence-electron chi connectivity index (χ1n) is 9.89. The molecule has 1 aromatic heterocycles. The number of aromatic nitrogens is 1. The number of rotatable bonds is 4. The second kappa shape index (κ2) is 7.71. The first-order valence-corrected chi connectivity index (χ1v) is 10.9. The molecule has 3 heterocycles. The Morgan fingerprint density at radius 2 is 2.00 bits per heavy atom. The molecule has 1 aromatic carbocycles. The van der Waals surface area contributed by atoms with Gasteiger partial charge < -0.3 is 15.4 Å². The van der Waals surface area contributed by atoms with Crippen LogP contribution in [-0.2, 0) is 4.79 Å². The third-order valence-corrected chi connectivity index (χ3v) is 6.08. The number of nitrogens with one attached hydrogen (secondary N) is 2. The molecule has 2 aromatic rings. The van der Waals surface area contributed by atoms with Gasteiger partial charge in [0.1, 0.15) is 11.6 Å². The van der Waals surface area contributed by atoms with Crippen LogP contribution < -0.4 is 15.4 Å². The molecule has 0 saturated heterocycles. The number of amides is 1. The van der Waals surface area contributed by atoms with Crippen LogP contribution in [0.25, 0.3) is 0 Å². The van der Waals surface area contributed by atoms with E-state index in [0.29, 0.717) is 11.0 Å². The molecule has 1 unspecified atom stereocenters. The summed E-state index contributed by atoms with van der Waals surface area (Å²) in [6, 6.07) is 12.1. The Balaban J connectivity index is 1.74. The molecule has 29 heavy (non-hydrogen) atoms. The van der Waals surface area contributed by atoms with E-state index < -0.39 is 5.41 Å². The Kier molecular flexibility index (Phi) is 5.25. The van der Waals surface area contributed by atoms with Crippen LogP contribution in [0.15, 0.2) is 41.4 Å². The molecule has 0 bridgehead atoms. The number of carbonyl (C=O) groups is 1. The molecule has 0 aliphatic carbocycles. The monoisotopic (exact) mass is 410 g/mol. The van der Waals surface area contributed by atoms with Crippen molar-refractivity contribution in [2.75, 3.05) is 17.6 Å². The molecule has 0 spiro atoms. The maximum atomic E-state index is 13.3. The number of ether oxygens (including phenoxy) is 1. The number of amidine groups is 1. The van der Waals surface area contributed by atoms with Gasteiger partial charge in [0.05, 0.1) is 12.0 Å². The average Bonchev–Trinajstić information content (AvgIpc) is 3.18. The number of benzene rings is 1. The summed E-state index contributed by atoms with van der Waals surface area (Å²) in [7, 11) is 0. The number of aliphatic imine (C=N–C) groups is 1. The SMILES string of the molecule is CC(C)Nc1ccc2c(n1)Oc1ccccc1C2C(C)(C)C(=O)NC1=NCCS1. The summed E-state index contributed by atoms with van der Waals surface area (Å²) in [5, 5.41) is 7.04. The highest BCUT2D eigenvalue weighted by molar-refractivity contribution is 8.14. The molecule has 2 N–H and O–H groups in total. The lowest BCUT2D eigenvalue weighted by atomic mass is 9.70. The van der Waals surface area contributed by atoms with Crippen LogP contribution in [0.4, 0.5) is 5.82 Å². The first kappa shape index (κ1) is 19.8. The third-order valence-electron chi connectivity index (χ3n) is 5.19. The second-order valence-electron chi connectivity index (χ2n) is 8.17. The molecule has 152 valence electrons. The van der Waals surface area contributed by atoms with Gasteiger partial charge in [-0.2, -0.15) is 4.98 Å². The van der Waals surface area contributed by atoms with Gasteiger partial charge in [0.15, 0.2) is 5.17 Å². The van der Waals surface area contributed by atoms with Crippen molar-refractivity contribution in [1.82, 2.24) is 10.3 Å². The summed E-state index contributed by atoms with van der Waals surface area (Å²) < 4.78 is 6.13. The Hall–Kier alpha value is -2.54. The standard InChI is InChI=1S/C22H26N4O2S/c1-13(2)24-17-10-9-15-18(14-7-5-6-8-16(14)28-19(15)25-17)22(3,4)20(27)26-21-23-11-12-29-21/h5-10,13,18H,11-12H2,1-4H3,(H,24,25)(H,23,26,27). The minimum absolute atomic E-state index is 0.0531. The minimum Gasteiger partial charge on any atom is -0.438 e. The van der Waals surface area contributed by atoms with E-state index in [4.69, 9.17) is 4.74 Å². The predicted octanol–water partition coefficient (Wildman–Crippen LogP) is 4.38. The summed E-state index contributed by atoms with van der Waals surface area (Å²) in [5.41, 5.74) is 1.18. The van der Waals surface area contributed by atoms with Crippen molar-refractivity contribution in [2.24, 2.45) is 10.4 Å². The van der Waals surface area contributed by atoms with Crippen LogP contribution in [0.5, 0.6) is 11.6 Å². The zero-order valence-electron chi connectivity index (χ0n) is 17.2. The van der Waals surface area contributed by atoms with Crippen molar-refractivity contribution in [3.05, 3.63) is 47.5 Å². The van der Waals surface area contributed by atoms with Gasteiger partial charge in [0, 0.05) is 28.8 Å². The molecule has 7 heteroatoms. The highest BCUT2D eigenvalue weighted by Crippen LogP contribution is 2.51. The lowest BCUT2D eigenvalue weighted by Gasteiger charge is -2.37. The van der Waals surface area contributed by atoms with Crippen LogP contribution in [0.1, 0.15) is 44.7 Å². The van der Waals surface area contributed by atoms with Crippen LogP contribution in [0, 0.1) is 5.41 Å². The van der Waals surface area contributed by atoms with Gasteiger partial charge in [-0.05, 0) is 32.0 Å². The third kappa shape index (κ3) is 3.83. The Morgan fingerprint density at radius 1 is 1.21 bits per heavy atom. The predicted molar refractivity (Wildman–Crippen MR) is 118 cm³/mol. The Bertz CT molecular complexity index is 971. The fourth-order valence-corrected chi connectivity index (χ4v) is 4.51. The highest BCUT2D eigenvalue weighted by Gasteiger charge is 2.44. The van der Waals surface area contributed by atoms with E-state index in [9.17, 15) is 4.79 Å². The summed E-state index contributed by atoms with van der Waals surface area (Å²) in [4.78, 5) is 22.3. The van der Waals surface area contributed by atoms with E-state index in [0.717, 1.165) is 35.0 Å². The summed E-state index contributed by atoms with van der Waals surface area (Å²) in [6.45, 7) is 8.83. The zero-order chi connectivity index (χ0) is 20.6. The lowest BCUT2D eigenvalue weighted by Crippen LogP contribution is -2.43. The minimum atomic E-state index is -0.727. The van der Waals surface area contributed by atoms with Crippen molar-refractivity contribution in [3.8, 4) is 11.6 Å². The second-order valence-corrected chi connectivity index (χ2v) is 9.26. The highest BCUT2D eigenvalue weighted by atomic mass is 32.2. The van der Waals surface area contributed by atoms with Crippen LogP contribution in [0.3, 0.4) is 0 Å². The first-order chi connectivity index (χ1) is 13.9.